The Morgan fingerprint density at radius 1 is 1.56 bits per heavy atom. The average Bonchev–Trinajstić information content (AvgIpc) is 3.12. The molecule has 98 valence electrons. The van der Waals surface area contributed by atoms with Crippen molar-refractivity contribution >= 4 is 17.6 Å². The summed E-state index contributed by atoms with van der Waals surface area (Å²) in [4.78, 5) is 11.4. The van der Waals surface area contributed by atoms with Gasteiger partial charge in [0.25, 0.3) is 0 Å². The summed E-state index contributed by atoms with van der Waals surface area (Å²) in [6, 6.07) is 4.98. The van der Waals surface area contributed by atoms with Gasteiger partial charge < -0.3 is 15.2 Å². The van der Waals surface area contributed by atoms with Crippen LogP contribution in [0.15, 0.2) is 18.2 Å². The van der Waals surface area contributed by atoms with Crippen LogP contribution in [0.4, 0.5) is 0 Å². The molecule has 0 spiro atoms. The zero-order chi connectivity index (χ0) is 13.3. The molecule has 1 fully saturated rings. The second kappa shape index (κ2) is 4.78. The van der Waals surface area contributed by atoms with Crippen molar-refractivity contribution in [2.24, 2.45) is 5.41 Å². The number of nitrogens with one attached hydrogen (secondary N) is 1. The lowest BCUT2D eigenvalue weighted by atomic mass is 9.89. The zero-order valence-electron chi connectivity index (χ0n) is 10.4. The molecule has 2 N–H and O–H groups in total. The number of rotatable bonds is 5. The van der Waals surface area contributed by atoms with Crippen LogP contribution in [0.5, 0.6) is 5.75 Å². The first-order valence-corrected chi connectivity index (χ1v) is 6.17. The van der Waals surface area contributed by atoms with Crippen LogP contribution in [0.1, 0.15) is 24.4 Å². The molecule has 0 heterocycles. The van der Waals surface area contributed by atoms with Gasteiger partial charge >= 0.3 is 5.97 Å². The fourth-order valence-corrected chi connectivity index (χ4v) is 2.60. The van der Waals surface area contributed by atoms with Gasteiger partial charge in [0.05, 0.1) is 18.6 Å². The third-order valence-corrected chi connectivity index (χ3v) is 3.79. The minimum absolute atomic E-state index is 0.288. The first kappa shape index (κ1) is 13.2. The Bertz CT molecular complexity index is 471. The van der Waals surface area contributed by atoms with Crippen molar-refractivity contribution in [3.8, 4) is 5.75 Å². The van der Waals surface area contributed by atoms with Gasteiger partial charge in [0.2, 0.25) is 0 Å². The van der Waals surface area contributed by atoms with Crippen LogP contribution >= 0.6 is 11.6 Å². The Morgan fingerprint density at radius 3 is 2.67 bits per heavy atom. The van der Waals surface area contributed by atoms with Crippen molar-refractivity contribution in [1.29, 1.82) is 0 Å². The lowest BCUT2D eigenvalue weighted by Crippen LogP contribution is -2.32. The molecular formula is C13H16ClNO3. The molecule has 1 aromatic carbocycles. The van der Waals surface area contributed by atoms with E-state index in [0.29, 0.717) is 23.6 Å². The third-order valence-electron chi connectivity index (χ3n) is 3.56. The Hall–Kier alpha value is -1.26. The topological polar surface area (TPSA) is 58.6 Å². The number of aliphatic carboxylic acids is 1. The Labute approximate surface area is 111 Å². The highest BCUT2D eigenvalue weighted by atomic mass is 35.5. The van der Waals surface area contributed by atoms with Gasteiger partial charge in [-0.2, -0.15) is 0 Å². The number of hydrogen-bond donors (Lipinski definition) is 2. The minimum atomic E-state index is -0.774. The highest BCUT2D eigenvalue weighted by Gasteiger charge is 2.56. The zero-order valence-corrected chi connectivity index (χ0v) is 11.1. The summed E-state index contributed by atoms with van der Waals surface area (Å²) in [5.41, 5.74) is 0.0691. The van der Waals surface area contributed by atoms with Gasteiger partial charge in [-0.25, -0.2) is 0 Å². The van der Waals surface area contributed by atoms with E-state index in [1.807, 2.05) is 0 Å². The molecule has 4 nitrogen and oxygen atoms in total. The Kier molecular flexibility index (Phi) is 3.50. The number of benzene rings is 1. The summed E-state index contributed by atoms with van der Waals surface area (Å²) in [5, 5.41) is 13.0. The van der Waals surface area contributed by atoms with E-state index < -0.39 is 11.4 Å². The number of methoxy groups -OCH3 is 1. The lowest BCUT2D eigenvalue weighted by molar-refractivity contribution is -0.144. The van der Waals surface area contributed by atoms with Crippen molar-refractivity contribution in [3.05, 3.63) is 28.8 Å². The monoisotopic (exact) mass is 269 g/mol. The quantitative estimate of drug-likeness (QED) is 0.862. The molecule has 0 aromatic heterocycles. The molecule has 1 saturated carbocycles. The van der Waals surface area contributed by atoms with Crippen LogP contribution in [0.2, 0.25) is 5.02 Å². The van der Waals surface area contributed by atoms with Gasteiger partial charge in [-0.15, -0.1) is 0 Å². The van der Waals surface area contributed by atoms with Crippen LogP contribution in [0.25, 0.3) is 0 Å². The predicted octanol–water partition coefficient (Wildman–Crippen LogP) is 2.47. The molecule has 5 heteroatoms. The second-order valence-electron chi connectivity index (χ2n) is 4.57. The van der Waals surface area contributed by atoms with E-state index in [0.717, 1.165) is 5.56 Å². The minimum Gasteiger partial charge on any atom is -0.496 e. The summed E-state index contributed by atoms with van der Waals surface area (Å²) < 4.78 is 5.29. The summed E-state index contributed by atoms with van der Waals surface area (Å²) in [6.07, 6.45) is 1.34. The maximum Gasteiger partial charge on any atom is 0.311 e. The van der Waals surface area contributed by atoms with Crippen LogP contribution in [0, 0.1) is 5.41 Å². The molecule has 0 bridgehead atoms. The molecule has 1 aromatic rings. The number of hydrogen-bond acceptors (Lipinski definition) is 3. The largest absolute Gasteiger partial charge is 0.496 e. The van der Waals surface area contributed by atoms with Gasteiger partial charge in [0, 0.05) is 10.6 Å². The molecule has 0 radical (unpaired) electrons. The summed E-state index contributed by atoms with van der Waals surface area (Å²) in [5.74, 6) is -0.116. The van der Waals surface area contributed by atoms with Crippen LogP contribution < -0.4 is 10.1 Å². The van der Waals surface area contributed by atoms with E-state index in [1.54, 1.807) is 32.4 Å². The van der Waals surface area contributed by atoms with E-state index >= 15 is 0 Å². The number of ether oxygens (including phenoxy) is 1. The summed E-state index contributed by atoms with van der Waals surface area (Å²) in [6.45, 7) is 0. The Morgan fingerprint density at radius 2 is 2.22 bits per heavy atom. The number of carboxylic acid groups (broad SMARTS) is 1. The van der Waals surface area contributed by atoms with Crippen molar-refractivity contribution in [2.75, 3.05) is 14.2 Å². The van der Waals surface area contributed by atoms with Crippen LogP contribution in [-0.2, 0) is 4.79 Å². The fraction of sp³-hybridized carbons (Fsp3) is 0.462. The first-order valence-electron chi connectivity index (χ1n) is 5.79. The van der Waals surface area contributed by atoms with Crippen LogP contribution in [-0.4, -0.2) is 25.2 Å². The highest BCUT2D eigenvalue weighted by molar-refractivity contribution is 6.30. The average molecular weight is 270 g/mol. The third kappa shape index (κ3) is 2.06. The molecule has 1 aliphatic carbocycles. The molecule has 1 unspecified atom stereocenters. The SMILES string of the molecule is CNC(c1cc(Cl)ccc1OC)C1(C(=O)O)CC1. The summed E-state index contributed by atoms with van der Waals surface area (Å²) in [7, 11) is 3.33. The molecule has 2 rings (SSSR count). The molecule has 1 atom stereocenters. The fourth-order valence-electron chi connectivity index (χ4n) is 2.42. The van der Waals surface area contributed by atoms with Gasteiger partial charge in [-0.05, 0) is 38.1 Å². The van der Waals surface area contributed by atoms with Gasteiger partial charge in [0.15, 0.2) is 0 Å². The van der Waals surface area contributed by atoms with Crippen molar-refractivity contribution in [3.63, 3.8) is 0 Å². The van der Waals surface area contributed by atoms with Gasteiger partial charge in [-0.1, -0.05) is 11.6 Å². The van der Waals surface area contributed by atoms with E-state index in [4.69, 9.17) is 16.3 Å². The normalized spacial score (nSPS) is 18.2. The molecular weight excluding hydrogens is 254 g/mol. The van der Waals surface area contributed by atoms with E-state index in [-0.39, 0.29) is 6.04 Å². The molecule has 18 heavy (non-hydrogen) atoms. The standard InChI is InChI=1S/C13H16ClNO3/c1-15-11(13(5-6-13)12(16)17)9-7-8(14)3-4-10(9)18-2/h3-4,7,11,15H,5-6H2,1-2H3,(H,16,17). The maximum atomic E-state index is 11.4. The lowest BCUT2D eigenvalue weighted by Gasteiger charge is -2.25. The van der Waals surface area contributed by atoms with E-state index in [2.05, 4.69) is 5.32 Å². The first-order chi connectivity index (χ1) is 8.55. The van der Waals surface area contributed by atoms with Crippen molar-refractivity contribution in [2.45, 2.75) is 18.9 Å². The number of carbonyl (C=O) groups is 1. The predicted molar refractivity (Wildman–Crippen MR) is 69.1 cm³/mol. The number of carboxylic acids is 1. The van der Waals surface area contributed by atoms with E-state index in [9.17, 15) is 9.90 Å². The molecule has 0 saturated heterocycles. The molecule has 0 aliphatic heterocycles. The summed E-state index contributed by atoms with van der Waals surface area (Å²) >= 11 is 5.99. The van der Waals surface area contributed by atoms with Crippen LogP contribution in [0.3, 0.4) is 0 Å². The van der Waals surface area contributed by atoms with Gasteiger partial charge in [-0.3, -0.25) is 4.79 Å². The smallest absolute Gasteiger partial charge is 0.311 e. The number of halogens is 1. The van der Waals surface area contributed by atoms with Crippen molar-refractivity contribution in [1.82, 2.24) is 5.32 Å². The molecule has 1 aliphatic rings. The maximum absolute atomic E-state index is 11.4. The van der Waals surface area contributed by atoms with Gasteiger partial charge in [0.1, 0.15) is 5.75 Å². The Balaban J connectivity index is 2.45. The van der Waals surface area contributed by atoms with E-state index in [1.165, 1.54) is 0 Å². The highest BCUT2D eigenvalue weighted by Crippen LogP contribution is 2.56. The van der Waals surface area contributed by atoms with Crippen molar-refractivity contribution < 1.29 is 14.6 Å². The molecule has 0 amide bonds. The second-order valence-corrected chi connectivity index (χ2v) is 5.01.